The fraction of sp³-hybridized carbons (Fsp3) is 0.605. The predicted octanol–water partition coefficient (Wildman–Crippen LogP) is 4.63. The Balaban J connectivity index is 1.16. The number of allylic oxidation sites excluding steroid dienone is 1. The lowest BCUT2D eigenvalue weighted by Gasteiger charge is -2.57. The first-order valence-corrected chi connectivity index (χ1v) is 19.3. The first-order valence-electron chi connectivity index (χ1n) is 17.8. The van der Waals surface area contributed by atoms with Gasteiger partial charge in [0.1, 0.15) is 17.6 Å². The highest BCUT2D eigenvalue weighted by atomic mass is 32.2. The quantitative estimate of drug-likeness (QED) is 0.278. The molecule has 0 radical (unpaired) electrons. The molecule has 1 aliphatic heterocycles. The molecule has 0 spiro atoms. The largest absolute Gasteiger partial charge is 0.497 e. The van der Waals surface area contributed by atoms with Crippen LogP contribution in [0.1, 0.15) is 72.1 Å². The maximum Gasteiger partial charge on any atom is 0.240 e. The molecule has 6 aliphatic rings. The summed E-state index contributed by atoms with van der Waals surface area (Å²) in [6.07, 6.45) is 6.11. The Morgan fingerprint density at radius 1 is 1.10 bits per heavy atom. The van der Waals surface area contributed by atoms with Crippen LogP contribution in [0.15, 0.2) is 43.1 Å². The number of nitrogens with one attached hydrogen (secondary N) is 1. The molecule has 5 atom stereocenters. The van der Waals surface area contributed by atoms with E-state index in [2.05, 4.69) is 16.3 Å². The van der Waals surface area contributed by atoms with Crippen LogP contribution in [0.5, 0.6) is 11.6 Å². The lowest BCUT2D eigenvalue weighted by Crippen LogP contribution is -2.55. The minimum Gasteiger partial charge on any atom is -0.497 e. The molecule has 5 saturated carbocycles. The lowest BCUT2D eigenvalue weighted by molar-refractivity contribution is -0.156. The van der Waals surface area contributed by atoms with Crippen LogP contribution in [0.3, 0.4) is 0 Å². The molecule has 6 fully saturated rings. The summed E-state index contributed by atoms with van der Waals surface area (Å²) in [6.45, 7) is 9.75. The third-order valence-corrected chi connectivity index (χ3v) is 13.9. The highest BCUT2D eigenvalue weighted by Gasteiger charge is 2.62. The van der Waals surface area contributed by atoms with Gasteiger partial charge in [-0.3, -0.25) is 23.9 Å². The number of sulfonamides is 1. The van der Waals surface area contributed by atoms with Crippen molar-refractivity contribution in [2.45, 2.75) is 89.5 Å². The van der Waals surface area contributed by atoms with Crippen molar-refractivity contribution in [3.63, 3.8) is 0 Å². The standard InChI is InChI=1S/C38H47N3O8S/c1-6-24-18-38(24,36(45)40-50(46,47)27-8-9-27)19-32(43)30-16-26(49-34-28-10-7-25(48-5)15-21(28)11-12-39-34)20-41(30)35(44)29(37(2,3)4)17-31(42)33-22-13-23(33)14-22/h6-7,10-12,15,22-24,26-27,29-30,33H,1,8-9,13-14,16-20H2,2-5H3,(H,40,45)/t22?,23?,24-,26-,29-,30+,33?,38-/m1/s1. The molecule has 5 aliphatic carbocycles. The summed E-state index contributed by atoms with van der Waals surface area (Å²) in [5.74, 6) is -0.304. The van der Waals surface area contributed by atoms with E-state index >= 15 is 0 Å². The molecule has 1 saturated heterocycles. The molecule has 2 heterocycles. The van der Waals surface area contributed by atoms with Gasteiger partial charge < -0.3 is 14.4 Å². The minimum absolute atomic E-state index is 0.0341. The molecule has 50 heavy (non-hydrogen) atoms. The number of methoxy groups -OCH3 is 1. The van der Waals surface area contributed by atoms with Crippen LogP contribution in [0.2, 0.25) is 0 Å². The van der Waals surface area contributed by atoms with Gasteiger partial charge in [-0.15, -0.1) is 6.58 Å². The van der Waals surface area contributed by atoms with E-state index < -0.39 is 50.1 Å². The second-order valence-electron chi connectivity index (χ2n) is 16.3. The maximum atomic E-state index is 14.6. The number of amides is 2. The van der Waals surface area contributed by atoms with Crippen LogP contribution < -0.4 is 14.2 Å². The van der Waals surface area contributed by atoms with E-state index in [4.69, 9.17) is 9.47 Å². The number of ketones is 2. The van der Waals surface area contributed by atoms with Crippen molar-refractivity contribution in [1.82, 2.24) is 14.6 Å². The number of carbonyl (C=O) groups excluding carboxylic acids is 4. The number of carbonyl (C=O) groups is 4. The monoisotopic (exact) mass is 705 g/mol. The van der Waals surface area contributed by atoms with Gasteiger partial charge in [-0.05, 0) is 84.9 Å². The molecule has 8 rings (SSSR count). The van der Waals surface area contributed by atoms with Gasteiger partial charge >= 0.3 is 0 Å². The highest BCUT2D eigenvalue weighted by Crippen LogP contribution is 2.60. The van der Waals surface area contributed by atoms with Crippen molar-refractivity contribution >= 4 is 44.2 Å². The molecule has 1 N–H and O–H groups in total. The molecule has 11 nitrogen and oxygen atoms in total. The van der Waals surface area contributed by atoms with Crippen LogP contribution in [0.4, 0.5) is 0 Å². The van der Waals surface area contributed by atoms with Crippen LogP contribution in [0.25, 0.3) is 10.8 Å². The summed E-state index contributed by atoms with van der Waals surface area (Å²) >= 11 is 0. The number of fused-ring (bicyclic) bond motifs is 1. The zero-order chi connectivity index (χ0) is 35.7. The van der Waals surface area contributed by atoms with Crippen molar-refractivity contribution in [2.24, 2.45) is 40.4 Å². The van der Waals surface area contributed by atoms with Crippen molar-refractivity contribution in [3.8, 4) is 11.6 Å². The second-order valence-corrected chi connectivity index (χ2v) is 18.3. The zero-order valence-corrected chi connectivity index (χ0v) is 30.0. The topological polar surface area (TPSA) is 149 Å². The molecular weight excluding hydrogens is 658 g/mol. The molecule has 268 valence electrons. The molecule has 2 bridgehead atoms. The van der Waals surface area contributed by atoms with Crippen molar-refractivity contribution in [1.29, 1.82) is 0 Å². The van der Waals surface area contributed by atoms with Gasteiger partial charge in [0.2, 0.25) is 27.7 Å². The average Bonchev–Trinajstić information content (AvgIpc) is 3.94. The number of nitrogens with zero attached hydrogens (tertiary/aromatic N) is 2. The zero-order valence-electron chi connectivity index (χ0n) is 29.2. The Morgan fingerprint density at radius 3 is 2.40 bits per heavy atom. The Bertz CT molecular complexity index is 1850. The highest BCUT2D eigenvalue weighted by molar-refractivity contribution is 7.90. The van der Waals surface area contributed by atoms with Gasteiger partial charge in [0.25, 0.3) is 0 Å². The number of aromatic nitrogens is 1. The first kappa shape index (κ1) is 34.6. The molecule has 2 amide bonds. The van der Waals surface area contributed by atoms with E-state index in [1.165, 1.54) is 0 Å². The van der Waals surface area contributed by atoms with E-state index in [0.717, 1.165) is 23.6 Å². The number of benzene rings is 1. The van der Waals surface area contributed by atoms with E-state index in [1.54, 1.807) is 24.3 Å². The van der Waals surface area contributed by atoms with Gasteiger partial charge in [-0.2, -0.15) is 0 Å². The second kappa shape index (κ2) is 12.5. The molecule has 1 aromatic carbocycles. The molecule has 2 aromatic rings. The number of hydrogen-bond acceptors (Lipinski definition) is 9. The van der Waals surface area contributed by atoms with E-state index in [-0.39, 0.29) is 55.1 Å². The SMILES string of the molecule is C=C[C@@H]1C[C@]1(CC(=O)[C@@H]1C[C@@H](Oc2nccc3cc(OC)ccc23)CN1C(=O)[C@@H](CC(=O)C1C2CC1C2)C(C)(C)C)C(=O)NS(=O)(=O)C1CC1. The van der Waals surface area contributed by atoms with Crippen LogP contribution >= 0.6 is 0 Å². The number of hydrogen-bond donors (Lipinski definition) is 1. The Morgan fingerprint density at radius 2 is 1.82 bits per heavy atom. The fourth-order valence-electron chi connectivity index (χ4n) is 8.36. The molecule has 1 aromatic heterocycles. The predicted molar refractivity (Wildman–Crippen MR) is 186 cm³/mol. The summed E-state index contributed by atoms with van der Waals surface area (Å²) in [4.78, 5) is 62.0. The van der Waals surface area contributed by atoms with Gasteiger partial charge in [0.05, 0.1) is 30.4 Å². The summed E-state index contributed by atoms with van der Waals surface area (Å²) in [5, 5.41) is 1.01. The number of rotatable bonds is 14. The van der Waals surface area contributed by atoms with Gasteiger partial charge in [0, 0.05) is 42.7 Å². The van der Waals surface area contributed by atoms with Gasteiger partial charge in [-0.1, -0.05) is 26.8 Å². The first-order chi connectivity index (χ1) is 23.6. The van der Waals surface area contributed by atoms with E-state index in [1.807, 2.05) is 45.0 Å². The summed E-state index contributed by atoms with van der Waals surface area (Å²) in [7, 11) is -2.24. The summed E-state index contributed by atoms with van der Waals surface area (Å²) in [6, 6.07) is 6.44. The van der Waals surface area contributed by atoms with Gasteiger partial charge in [0.15, 0.2) is 5.78 Å². The number of pyridine rings is 1. The Labute approximate surface area is 293 Å². The third-order valence-electron chi connectivity index (χ3n) is 12.0. The third kappa shape index (κ3) is 6.22. The molecule has 0 unspecified atom stereocenters. The van der Waals surface area contributed by atoms with Crippen molar-refractivity contribution in [3.05, 3.63) is 43.1 Å². The van der Waals surface area contributed by atoms with E-state index in [9.17, 15) is 27.6 Å². The Kier molecular flexibility index (Phi) is 8.63. The number of Topliss-reactive ketones (excluding diaryl/α,β-unsaturated/α-hetero) is 2. The minimum atomic E-state index is -3.83. The summed E-state index contributed by atoms with van der Waals surface area (Å²) in [5.41, 5.74) is -1.82. The fourth-order valence-corrected chi connectivity index (χ4v) is 9.75. The van der Waals surface area contributed by atoms with Crippen LogP contribution in [-0.4, -0.2) is 72.7 Å². The smallest absolute Gasteiger partial charge is 0.240 e. The molecular formula is C38H47N3O8S. The van der Waals surface area contributed by atoms with E-state index in [0.29, 0.717) is 42.7 Å². The lowest BCUT2D eigenvalue weighted by atomic mass is 9.46. The molecule has 12 heteroatoms. The number of likely N-dealkylation sites (tertiary alicyclic amines) is 1. The number of ether oxygens (including phenoxy) is 2. The van der Waals surface area contributed by atoms with Crippen molar-refractivity contribution < 1.29 is 37.1 Å². The van der Waals surface area contributed by atoms with Gasteiger partial charge in [-0.25, -0.2) is 13.4 Å². The van der Waals surface area contributed by atoms with Crippen LogP contribution in [-0.2, 0) is 29.2 Å². The average molecular weight is 706 g/mol. The normalized spacial score (nSPS) is 30.4. The Hall–Kier alpha value is -3.80. The maximum absolute atomic E-state index is 14.6. The summed E-state index contributed by atoms with van der Waals surface area (Å²) < 4.78 is 39.5. The van der Waals surface area contributed by atoms with Crippen LogP contribution in [0, 0.1) is 40.4 Å². The van der Waals surface area contributed by atoms with Crippen molar-refractivity contribution in [2.75, 3.05) is 13.7 Å².